The Bertz CT molecular complexity index is 1560. The number of likely N-dealkylation sites (tertiary alicyclic amines) is 1. The fourth-order valence-corrected chi connectivity index (χ4v) is 4.90. The fraction of sp³-hybridized carbons (Fsp3) is 0.267. The van der Waals surface area contributed by atoms with Crippen molar-refractivity contribution in [2.45, 2.75) is 39.8 Å². The Hall–Kier alpha value is -4.66. The maximum atomic E-state index is 13.6. The third-order valence-corrected chi connectivity index (χ3v) is 6.59. The molecule has 9 heteroatoms. The summed E-state index contributed by atoms with van der Waals surface area (Å²) in [6.45, 7) is 6.70. The van der Waals surface area contributed by atoms with Crippen LogP contribution in [0.2, 0.25) is 0 Å². The molecule has 3 aromatic heterocycles. The maximum Gasteiger partial charge on any atom is 0.295 e. The van der Waals surface area contributed by atoms with E-state index in [2.05, 4.69) is 9.97 Å². The summed E-state index contributed by atoms with van der Waals surface area (Å²) in [5.41, 5.74) is 2.87. The molecule has 9 nitrogen and oxygen atoms in total. The van der Waals surface area contributed by atoms with Gasteiger partial charge in [-0.05, 0) is 61.7 Å². The highest BCUT2D eigenvalue weighted by atomic mass is 16.5. The standard InChI is InChI=1S/C30H30N4O5/c1-4-15-39-22-12-11-21(16-23(22)38-5-2)27-25(28(35)26-19(3)32-24-10-6-7-14-33(24)26)29(36)30(37)34(27)18-20-9-8-13-31-17-20/h6-14,16-17,27,35H,4-5,15,18H2,1-3H3/b28-25+. The van der Waals surface area contributed by atoms with Crippen LogP contribution in [0.15, 0.2) is 72.7 Å². The number of carbonyl (C=O) groups is 2. The van der Waals surface area contributed by atoms with E-state index in [1.807, 2.05) is 38.1 Å². The van der Waals surface area contributed by atoms with Gasteiger partial charge in [-0.1, -0.05) is 25.1 Å². The molecule has 5 rings (SSSR count). The van der Waals surface area contributed by atoms with Crippen molar-refractivity contribution in [1.82, 2.24) is 19.3 Å². The van der Waals surface area contributed by atoms with Gasteiger partial charge in [-0.15, -0.1) is 0 Å². The molecule has 1 saturated heterocycles. The zero-order valence-corrected chi connectivity index (χ0v) is 22.1. The number of ether oxygens (including phenoxy) is 2. The van der Waals surface area contributed by atoms with Gasteiger partial charge in [0, 0.05) is 25.1 Å². The van der Waals surface area contributed by atoms with Crippen molar-refractivity contribution in [3.8, 4) is 11.5 Å². The van der Waals surface area contributed by atoms with Gasteiger partial charge in [-0.3, -0.25) is 19.0 Å². The van der Waals surface area contributed by atoms with Crippen molar-refractivity contribution in [3.63, 3.8) is 0 Å². The normalized spacial score (nSPS) is 16.7. The van der Waals surface area contributed by atoms with Crippen molar-refractivity contribution in [3.05, 3.63) is 95.2 Å². The van der Waals surface area contributed by atoms with E-state index in [4.69, 9.17) is 9.47 Å². The first-order valence-corrected chi connectivity index (χ1v) is 13.0. The van der Waals surface area contributed by atoms with E-state index < -0.39 is 17.7 Å². The predicted molar refractivity (Wildman–Crippen MR) is 145 cm³/mol. The number of benzene rings is 1. The van der Waals surface area contributed by atoms with E-state index in [1.165, 1.54) is 4.90 Å². The average molecular weight is 527 g/mol. The average Bonchev–Trinajstić information content (AvgIpc) is 3.41. The maximum absolute atomic E-state index is 13.6. The largest absolute Gasteiger partial charge is 0.505 e. The molecule has 1 aliphatic rings. The van der Waals surface area contributed by atoms with E-state index in [0.717, 1.165) is 12.0 Å². The second kappa shape index (κ2) is 11.0. The first-order chi connectivity index (χ1) is 18.9. The minimum absolute atomic E-state index is 0.0117. The lowest BCUT2D eigenvalue weighted by atomic mass is 9.95. The van der Waals surface area contributed by atoms with Crippen LogP contribution < -0.4 is 9.47 Å². The summed E-state index contributed by atoms with van der Waals surface area (Å²) >= 11 is 0. The molecule has 1 amide bonds. The number of aryl methyl sites for hydroxylation is 1. The summed E-state index contributed by atoms with van der Waals surface area (Å²) < 4.78 is 13.4. The third kappa shape index (κ3) is 4.83. The molecule has 0 spiro atoms. The lowest BCUT2D eigenvalue weighted by Gasteiger charge is -2.26. The van der Waals surface area contributed by atoms with Gasteiger partial charge in [-0.2, -0.15) is 0 Å². The van der Waals surface area contributed by atoms with Crippen LogP contribution in [0, 0.1) is 6.92 Å². The first-order valence-electron chi connectivity index (χ1n) is 13.0. The lowest BCUT2D eigenvalue weighted by molar-refractivity contribution is -0.140. The summed E-state index contributed by atoms with van der Waals surface area (Å²) in [6.07, 6.45) is 5.89. The predicted octanol–water partition coefficient (Wildman–Crippen LogP) is 4.85. The number of carbonyl (C=O) groups excluding carboxylic acids is 2. The minimum atomic E-state index is -0.877. The molecule has 4 heterocycles. The number of Topliss-reactive ketones (excluding diaryl/α,β-unsaturated/α-hetero) is 1. The lowest BCUT2D eigenvalue weighted by Crippen LogP contribution is -2.29. The van der Waals surface area contributed by atoms with Gasteiger partial charge >= 0.3 is 0 Å². The number of nitrogens with zero attached hydrogens (tertiary/aromatic N) is 4. The topological polar surface area (TPSA) is 106 Å². The third-order valence-electron chi connectivity index (χ3n) is 6.59. The smallest absolute Gasteiger partial charge is 0.295 e. The number of hydrogen-bond donors (Lipinski definition) is 1. The number of aliphatic hydroxyl groups excluding tert-OH is 1. The number of hydrogen-bond acceptors (Lipinski definition) is 7. The van der Waals surface area contributed by atoms with Crippen molar-refractivity contribution >= 4 is 23.1 Å². The molecule has 4 aromatic rings. The van der Waals surface area contributed by atoms with Gasteiger partial charge in [0.2, 0.25) is 0 Å². The molecule has 39 heavy (non-hydrogen) atoms. The quantitative estimate of drug-likeness (QED) is 0.189. The molecule has 1 aromatic carbocycles. The molecule has 0 saturated carbocycles. The van der Waals surface area contributed by atoms with E-state index in [1.54, 1.807) is 54.2 Å². The SMILES string of the molecule is CCCOc1ccc(C2/C(=C(\O)c3c(C)nc4ccccn34)C(=O)C(=O)N2Cc2cccnc2)cc1OCC. The van der Waals surface area contributed by atoms with Gasteiger partial charge in [0.15, 0.2) is 17.3 Å². The monoisotopic (exact) mass is 526 g/mol. The fourth-order valence-electron chi connectivity index (χ4n) is 4.90. The van der Waals surface area contributed by atoms with Gasteiger partial charge in [-0.25, -0.2) is 4.98 Å². The van der Waals surface area contributed by atoms with Gasteiger partial charge in [0.25, 0.3) is 11.7 Å². The highest BCUT2D eigenvalue weighted by molar-refractivity contribution is 6.46. The van der Waals surface area contributed by atoms with E-state index in [-0.39, 0.29) is 17.9 Å². The zero-order valence-electron chi connectivity index (χ0n) is 22.1. The Morgan fingerprint density at radius 3 is 2.64 bits per heavy atom. The summed E-state index contributed by atoms with van der Waals surface area (Å²) in [6, 6.07) is 13.6. The molecule has 0 radical (unpaired) electrons. The number of ketones is 1. The molecule has 0 aliphatic carbocycles. The summed E-state index contributed by atoms with van der Waals surface area (Å²) in [4.78, 5) is 37.2. The number of rotatable bonds is 9. The van der Waals surface area contributed by atoms with Gasteiger partial charge < -0.3 is 19.5 Å². The summed E-state index contributed by atoms with van der Waals surface area (Å²) in [7, 11) is 0. The van der Waals surface area contributed by atoms with Crippen LogP contribution >= 0.6 is 0 Å². The van der Waals surface area contributed by atoms with Crippen molar-refractivity contribution < 1.29 is 24.2 Å². The molecular formula is C30H30N4O5. The second-order valence-electron chi connectivity index (χ2n) is 9.25. The Kier molecular flexibility index (Phi) is 7.31. The van der Waals surface area contributed by atoms with Crippen molar-refractivity contribution in [2.24, 2.45) is 0 Å². The molecular weight excluding hydrogens is 496 g/mol. The minimum Gasteiger partial charge on any atom is -0.505 e. The van der Waals surface area contributed by atoms with Gasteiger partial charge in [0.1, 0.15) is 11.3 Å². The van der Waals surface area contributed by atoms with Gasteiger partial charge in [0.05, 0.1) is 30.5 Å². The Morgan fingerprint density at radius 1 is 1.05 bits per heavy atom. The van der Waals surface area contributed by atoms with Crippen LogP contribution in [0.25, 0.3) is 11.4 Å². The number of imidazole rings is 1. The van der Waals surface area contributed by atoms with E-state index >= 15 is 0 Å². The van der Waals surface area contributed by atoms with Crippen LogP contribution in [-0.2, 0) is 16.1 Å². The molecule has 1 N–H and O–H groups in total. The Balaban J connectivity index is 1.70. The van der Waals surface area contributed by atoms with Crippen LogP contribution in [0.3, 0.4) is 0 Å². The number of aliphatic hydroxyl groups is 1. The number of aromatic nitrogens is 3. The first kappa shape index (κ1) is 26.0. The molecule has 1 atom stereocenters. The number of fused-ring (bicyclic) bond motifs is 1. The van der Waals surface area contributed by atoms with Crippen LogP contribution in [0.1, 0.15) is 48.8 Å². The van der Waals surface area contributed by atoms with E-state index in [0.29, 0.717) is 47.3 Å². The molecule has 1 aliphatic heterocycles. The van der Waals surface area contributed by atoms with Crippen LogP contribution in [0.4, 0.5) is 0 Å². The van der Waals surface area contributed by atoms with E-state index in [9.17, 15) is 14.7 Å². The second-order valence-corrected chi connectivity index (χ2v) is 9.25. The summed E-state index contributed by atoms with van der Waals surface area (Å²) in [5.74, 6) is -0.685. The Labute approximate surface area is 226 Å². The van der Waals surface area contributed by atoms with Crippen molar-refractivity contribution in [1.29, 1.82) is 0 Å². The van der Waals surface area contributed by atoms with Crippen LogP contribution in [-0.4, -0.2) is 49.3 Å². The molecule has 200 valence electrons. The molecule has 1 fully saturated rings. The molecule has 1 unspecified atom stereocenters. The summed E-state index contributed by atoms with van der Waals surface area (Å²) in [5, 5.41) is 11.7. The van der Waals surface area contributed by atoms with Crippen LogP contribution in [0.5, 0.6) is 11.5 Å². The molecule has 0 bridgehead atoms. The number of amides is 1. The zero-order chi connectivity index (χ0) is 27.5. The highest BCUT2D eigenvalue weighted by Gasteiger charge is 2.47. The highest BCUT2D eigenvalue weighted by Crippen LogP contribution is 2.43. The van der Waals surface area contributed by atoms with Crippen molar-refractivity contribution in [2.75, 3.05) is 13.2 Å². The Morgan fingerprint density at radius 2 is 1.90 bits per heavy atom. The number of pyridine rings is 2.